The van der Waals surface area contributed by atoms with E-state index in [4.69, 9.17) is 14.0 Å². The van der Waals surface area contributed by atoms with Crippen LogP contribution in [0, 0.1) is 19.8 Å². The first kappa shape index (κ1) is 16.4. The molecule has 0 saturated carbocycles. The van der Waals surface area contributed by atoms with Crippen molar-refractivity contribution >= 4 is 5.91 Å². The summed E-state index contributed by atoms with van der Waals surface area (Å²) in [7, 11) is 0. The molecule has 24 heavy (non-hydrogen) atoms. The van der Waals surface area contributed by atoms with Gasteiger partial charge in [0.05, 0.1) is 11.7 Å². The maximum Gasteiger partial charge on any atom is 0.257 e. The number of carbonyl (C=O) groups excluding carboxylic acids is 1. The number of hydrogen-bond acceptors (Lipinski definition) is 5. The van der Waals surface area contributed by atoms with E-state index in [0.29, 0.717) is 30.2 Å². The van der Waals surface area contributed by atoms with Crippen LogP contribution in [0.2, 0.25) is 0 Å². The van der Waals surface area contributed by atoms with E-state index < -0.39 is 0 Å². The predicted molar refractivity (Wildman–Crippen MR) is 88.5 cm³/mol. The number of benzene rings is 1. The smallest absolute Gasteiger partial charge is 0.257 e. The molecule has 0 spiro atoms. The van der Waals surface area contributed by atoms with Crippen LogP contribution in [-0.2, 0) is 0 Å². The predicted octanol–water partition coefficient (Wildman–Crippen LogP) is 3.19. The van der Waals surface area contributed by atoms with Gasteiger partial charge in [-0.05, 0) is 37.5 Å². The number of aromatic nitrogens is 1. The van der Waals surface area contributed by atoms with Crippen molar-refractivity contribution in [1.82, 2.24) is 10.5 Å². The second-order valence-corrected chi connectivity index (χ2v) is 6.30. The summed E-state index contributed by atoms with van der Waals surface area (Å²) in [5.41, 5.74) is 2.07. The van der Waals surface area contributed by atoms with E-state index in [1.165, 1.54) is 0 Å². The number of hydrogen-bond donors (Lipinski definition) is 1. The summed E-state index contributed by atoms with van der Waals surface area (Å²) in [4.78, 5) is 12.7. The van der Waals surface area contributed by atoms with E-state index in [2.05, 4.69) is 24.3 Å². The molecule has 0 saturated heterocycles. The fourth-order valence-corrected chi connectivity index (χ4v) is 2.91. The van der Waals surface area contributed by atoms with Crippen molar-refractivity contribution in [2.75, 3.05) is 13.2 Å². The molecular formula is C18H22N2O4. The highest BCUT2D eigenvalue weighted by Gasteiger charge is 2.25. The van der Waals surface area contributed by atoms with Crippen LogP contribution in [-0.4, -0.2) is 24.3 Å². The molecule has 0 aliphatic carbocycles. The second-order valence-electron chi connectivity index (χ2n) is 6.30. The maximum absolute atomic E-state index is 12.7. The van der Waals surface area contributed by atoms with Gasteiger partial charge in [-0.3, -0.25) is 4.79 Å². The van der Waals surface area contributed by atoms with Gasteiger partial charge in [0.2, 0.25) is 0 Å². The third-order valence-corrected chi connectivity index (χ3v) is 4.14. The molecular weight excluding hydrogens is 308 g/mol. The Morgan fingerprint density at radius 3 is 2.50 bits per heavy atom. The van der Waals surface area contributed by atoms with E-state index in [0.717, 1.165) is 17.1 Å². The summed E-state index contributed by atoms with van der Waals surface area (Å²) < 4.78 is 16.3. The van der Waals surface area contributed by atoms with Crippen LogP contribution >= 0.6 is 0 Å². The van der Waals surface area contributed by atoms with E-state index in [1.54, 1.807) is 13.8 Å². The van der Waals surface area contributed by atoms with Crippen LogP contribution in [0.5, 0.6) is 11.5 Å². The number of aryl methyl sites for hydroxylation is 2. The fourth-order valence-electron chi connectivity index (χ4n) is 2.91. The van der Waals surface area contributed by atoms with Gasteiger partial charge in [0.25, 0.3) is 5.91 Å². The number of rotatable bonds is 4. The Balaban J connectivity index is 1.86. The van der Waals surface area contributed by atoms with Gasteiger partial charge in [0, 0.05) is 0 Å². The Hall–Kier alpha value is -2.50. The molecule has 6 nitrogen and oxygen atoms in total. The number of amides is 1. The van der Waals surface area contributed by atoms with Crippen LogP contribution in [0.3, 0.4) is 0 Å². The minimum absolute atomic E-state index is 0.151. The zero-order valence-electron chi connectivity index (χ0n) is 14.4. The summed E-state index contributed by atoms with van der Waals surface area (Å²) in [6.45, 7) is 8.73. The Morgan fingerprint density at radius 1 is 1.17 bits per heavy atom. The van der Waals surface area contributed by atoms with Gasteiger partial charge in [-0.25, -0.2) is 0 Å². The first-order chi connectivity index (χ1) is 11.5. The number of nitrogens with zero attached hydrogens (tertiary/aromatic N) is 1. The fraction of sp³-hybridized carbons (Fsp3) is 0.444. The average molecular weight is 330 g/mol. The molecule has 1 aliphatic heterocycles. The van der Waals surface area contributed by atoms with Crippen molar-refractivity contribution in [1.29, 1.82) is 0 Å². The molecule has 1 aliphatic rings. The van der Waals surface area contributed by atoms with Crippen molar-refractivity contribution in [2.45, 2.75) is 33.7 Å². The molecule has 1 unspecified atom stereocenters. The molecule has 3 rings (SSSR count). The monoisotopic (exact) mass is 330 g/mol. The van der Waals surface area contributed by atoms with E-state index >= 15 is 0 Å². The molecule has 0 radical (unpaired) electrons. The normalized spacial score (nSPS) is 14.5. The van der Waals surface area contributed by atoms with E-state index in [-0.39, 0.29) is 17.9 Å². The van der Waals surface area contributed by atoms with Gasteiger partial charge in [-0.1, -0.05) is 25.1 Å². The molecule has 1 amide bonds. The molecule has 1 N–H and O–H groups in total. The summed E-state index contributed by atoms with van der Waals surface area (Å²) in [6.07, 6.45) is 0. The van der Waals surface area contributed by atoms with Crippen LogP contribution in [0.1, 0.15) is 47.3 Å². The van der Waals surface area contributed by atoms with Crippen LogP contribution in [0.4, 0.5) is 0 Å². The number of nitrogens with one attached hydrogen (secondary N) is 1. The van der Waals surface area contributed by atoms with Crippen molar-refractivity contribution in [3.8, 4) is 11.5 Å². The Kier molecular flexibility index (Phi) is 4.46. The minimum atomic E-state index is -0.181. The summed E-state index contributed by atoms with van der Waals surface area (Å²) in [5, 5.41) is 6.94. The molecule has 0 bridgehead atoms. The van der Waals surface area contributed by atoms with Gasteiger partial charge >= 0.3 is 0 Å². The highest BCUT2D eigenvalue weighted by atomic mass is 16.6. The lowest BCUT2D eigenvalue weighted by molar-refractivity contribution is 0.0923. The van der Waals surface area contributed by atoms with Crippen molar-refractivity contribution < 1.29 is 18.8 Å². The minimum Gasteiger partial charge on any atom is -0.486 e. The van der Waals surface area contributed by atoms with Crippen molar-refractivity contribution in [2.24, 2.45) is 5.92 Å². The number of carbonyl (C=O) groups is 1. The van der Waals surface area contributed by atoms with Crippen molar-refractivity contribution in [3.05, 3.63) is 40.8 Å². The van der Waals surface area contributed by atoms with Gasteiger partial charge in [0.1, 0.15) is 24.5 Å². The third kappa shape index (κ3) is 3.09. The highest BCUT2D eigenvalue weighted by molar-refractivity contribution is 5.96. The van der Waals surface area contributed by atoms with E-state index in [9.17, 15) is 4.79 Å². The Bertz CT molecular complexity index is 732. The van der Waals surface area contributed by atoms with Gasteiger partial charge in [0.15, 0.2) is 11.5 Å². The quantitative estimate of drug-likeness (QED) is 0.932. The largest absolute Gasteiger partial charge is 0.486 e. The maximum atomic E-state index is 12.7. The molecule has 6 heteroatoms. The summed E-state index contributed by atoms with van der Waals surface area (Å²) in [5.74, 6) is 2.01. The van der Waals surface area contributed by atoms with Crippen LogP contribution < -0.4 is 14.8 Å². The van der Waals surface area contributed by atoms with Crippen molar-refractivity contribution in [3.63, 3.8) is 0 Å². The summed E-state index contributed by atoms with van der Waals surface area (Å²) >= 11 is 0. The summed E-state index contributed by atoms with van der Waals surface area (Å²) in [6, 6.07) is 5.64. The topological polar surface area (TPSA) is 73.6 Å². The van der Waals surface area contributed by atoms with E-state index in [1.807, 2.05) is 18.2 Å². The SMILES string of the molecule is Cc1noc(C)c1C(=O)NC(c1ccc2c(c1)OCCO2)C(C)C. The van der Waals surface area contributed by atoms with Crippen LogP contribution in [0.15, 0.2) is 22.7 Å². The lowest BCUT2D eigenvalue weighted by atomic mass is 9.95. The Labute approximate surface area is 141 Å². The Morgan fingerprint density at radius 2 is 1.88 bits per heavy atom. The molecule has 2 heterocycles. The zero-order chi connectivity index (χ0) is 17.3. The first-order valence-corrected chi connectivity index (χ1v) is 8.10. The lowest BCUT2D eigenvalue weighted by Crippen LogP contribution is -2.32. The average Bonchev–Trinajstić information content (AvgIpc) is 2.90. The van der Waals surface area contributed by atoms with Gasteiger partial charge < -0.3 is 19.3 Å². The third-order valence-electron chi connectivity index (χ3n) is 4.14. The molecule has 1 aromatic heterocycles. The number of fused-ring (bicyclic) bond motifs is 1. The highest BCUT2D eigenvalue weighted by Crippen LogP contribution is 2.34. The van der Waals surface area contributed by atoms with Gasteiger partial charge in [-0.2, -0.15) is 0 Å². The standard InChI is InChI=1S/C18H22N2O4/c1-10(2)17(19-18(21)16-11(3)20-24-12(16)4)13-5-6-14-15(9-13)23-8-7-22-14/h5-6,9-10,17H,7-8H2,1-4H3,(H,19,21). The molecule has 1 atom stereocenters. The molecule has 1 aromatic carbocycles. The van der Waals surface area contributed by atoms with Gasteiger partial charge in [-0.15, -0.1) is 0 Å². The molecule has 0 fully saturated rings. The van der Waals surface area contributed by atoms with Crippen LogP contribution in [0.25, 0.3) is 0 Å². The lowest BCUT2D eigenvalue weighted by Gasteiger charge is -2.25. The zero-order valence-corrected chi connectivity index (χ0v) is 14.4. The molecule has 128 valence electrons. The first-order valence-electron chi connectivity index (χ1n) is 8.10. The second kappa shape index (κ2) is 6.55. The molecule has 2 aromatic rings. The number of ether oxygens (including phenoxy) is 2.